The van der Waals surface area contributed by atoms with Crippen molar-refractivity contribution >= 4 is 16.0 Å². The van der Waals surface area contributed by atoms with Crippen LogP contribution in [0.25, 0.3) is 0 Å². The zero-order valence-electron chi connectivity index (χ0n) is 15.7. The van der Waals surface area contributed by atoms with Crippen LogP contribution >= 0.6 is 0 Å². The number of rotatable bonds is 3. The van der Waals surface area contributed by atoms with Crippen molar-refractivity contribution in [2.45, 2.75) is 62.7 Å². The predicted octanol–water partition coefficient (Wildman–Crippen LogP) is 3.34. The minimum absolute atomic E-state index is 0.264. The van der Waals surface area contributed by atoms with E-state index in [0.717, 1.165) is 32.1 Å². The van der Waals surface area contributed by atoms with Gasteiger partial charge in [0.05, 0.1) is 0 Å². The standard InChI is InChI=1S/C20H25F2NO4S/c1-19-11-10-14-13-5-3-2-4-12(13)6-7-15(14)16(19)8-9-17(19)27-18(24)20(21,22)28(23,25)26/h2-5,14-17H,6-11H2,1H3,(H2,23,25,26). The van der Waals surface area contributed by atoms with Crippen molar-refractivity contribution in [1.82, 2.24) is 0 Å². The second-order valence-corrected chi connectivity index (χ2v) is 10.3. The van der Waals surface area contributed by atoms with Crippen molar-refractivity contribution in [1.29, 1.82) is 0 Å². The molecule has 4 rings (SSSR count). The molecule has 3 aliphatic rings. The molecule has 2 saturated carbocycles. The summed E-state index contributed by atoms with van der Waals surface area (Å²) in [7, 11) is -5.35. The Morgan fingerprint density at radius 2 is 1.93 bits per heavy atom. The Morgan fingerprint density at radius 1 is 1.21 bits per heavy atom. The first-order valence-electron chi connectivity index (χ1n) is 9.75. The first-order valence-corrected chi connectivity index (χ1v) is 11.3. The van der Waals surface area contributed by atoms with E-state index < -0.39 is 32.8 Å². The van der Waals surface area contributed by atoms with Crippen LogP contribution in [-0.4, -0.2) is 25.7 Å². The molecule has 1 aromatic carbocycles. The Morgan fingerprint density at radius 3 is 2.64 bits per heavy atom. The van der Waals surface area contributed by atoms with Gasteiger partial charge in [0.2, 0.25) is 0 Å². The molecule has 0 aromatic heterocycles. The average Bonchev–Trinajstić information content (AvgIpc) is 2.97. The first-order chi connectivity index (χ1) is 13.1. The Balaban J connectivity index is 1.56. The lowest BCUT2D eigenvalue weighted by Crippen LogP contribution is -2.49. The van der Waals surface area contributed by atoms with Gasteiger partial charge in [-0.1, -0.05) is 31.2 Å². The Labute approximate surface area is 163 Å². The number of sulfonamides is 1. The summed E-state index contributed by atoms with van der Waals surface area (Å²) < 4.78 is 54.7. The van der Waals surface area contributed by atoms with Gasteiger partial charge in [0.15, 0.2) is 0 Å². The number of halogens is 2. The van der Waals surface area contributed by atoms with Crippen molar-refractivity contribution in [3.8, 4) is 0 Å². The number of carbonyl (C=O) groups is 1. The fraction of sp³-hybridized carbons (Fsp3) is 0.650. The van der Waals surface area contributed by atoms with E-state index in [2.05, 4.69) is 29.4 Å². The molecule has 1 aromatic rings. The summed E-state index contributed by atoms with van der Waals surface area (Å²) in [6, 6.07) is 8.48. The van der Waals surface area contributed by atoms with Crippen LogP contribution in [0.15, 0.2) is 24.3 Å². The Bertz CT molecular complexity index is 903. The summed E-state index contributed by atoms with van der Waals surface area (Å²) in [4.78, 5) is 11.9. The van der Waals surface area contributed by atoms with Gasteiger partial charge in [-0.3, -0.25) is 0 Å². The van der Waals surface area contributed by atoms with Gasteiger partial charge in [0.1, 0.15) is 6.10 Å². The van der Waals surface area contributed by atoms with Gasteiger partial charge in [-0.05, 0) is 67.4 Å². The molecule has 0 heterocycles. The van der Waals surface area contributed by atoms with Crippen molar-refractivity contribution in [3.63, 3.8) is 0 Å². The molecule has 0 bridgehead atoms. The number of nitrogens with two attached hydrogens (primary N) is 1. The Hall–Kier alpha value is -1.54. The SMILES string of the molecule is CC12CCC3c4ccccc4CCC3C1CCC2OC(=O)C(F)(F)S(N)(=O)=O. The molecule has 2 fully saturated rings. The molecule has 0 amide bonds. The number of benzene rings is 1. The van der Waals surface area contributed by atoms with E-state index in [0.29, 0.717) is 18.3 Å². The van der Waals surface area contributed by atoms with Gasteiger partial charge in [0.25, 0.3) is 10.0 Å². The van der Waals surface area contributed by atoms with E-state index >= 15 is 0 Å². The molecular weight excluding hydrogens is 388 g/mol. The fourth-order valence-corrected chi connectivity index (χ4v) is 6.26. The molecule has 8 heteroatoms. The number of alkyl halides is 2. The van der Waals surface area contributed by atoms with Crippen LogP contribution in [0, 0.1) is 17.3 Å². The van der Waals surface area contributed by atoms with Crippen molar-refractivity contribution in [2.24, 2.45) is 22.4 Å². The monoisotopic (exact) mass is 413 g/mol. The number of hydrogen-bond donors (Lipinski definition) is 1. The van der Waals surface area contributed by atoms with Crippen LogP contribution in [0.5, 0.6) is 0 Å². The molecular formula is C20H25F2NO4S. The highest BCUT2D eigenvalue weighted by Gasteiger charge is 2.59. The summed E-state index contributed by atoms with van der Waals surface area (Å²) in [5, 5.41) is -0.213. The molecule has 0 aliphatic heterocycles. The zero-order chi connectivity index (χ0) is 20.3. The molecule has 0 spiro atoms. The second kappa shape index (κ2) is 6.49. The van der Waals surface area contributed by atoms with Gasteiger partial charge in [0, 0.05) is 5.41 Å². The summed E-state index contributed by atoms with van der Waals surface area (Å²) in [6.45, 7) is 1.99. The minimum atomic E-state index is -5.35. The van der Waals surface area contributed by atoms with E-state index in [4.69, 9.17) is 4.74 Å². The number of aryl methyl sites for hydroxylation is 1. The normalized spacial score (nSPS) is 34.9. The molecule has 0 radical (unpaired) electrons. The quantitative estimate of drug-likeness (QED) is 0.770. The number of primary sulfonamides is 1. The summed E-state index contributed by atoms with van der Waals surface area (Å²) in [5.74, 6) is -0.919. The molecule has 28 heavy (non-hydrogen) atoms. The number of esters is 1. The number of ether oxygens (including phenoxy) is 1. The van der Waals surface area contributed by atoms with Crippen LogP contribution in [0.2, 0.25) is 0 Å². The van der Waals surface area contributed by atoms with Crippen LogP contribution in [0.3, 0.4) is 0 Å². The van der Waals surface area contributed by atoms with Crippen LogP contribution in [0.1, 0.15) is 56.1 Å². The lowest BCUT2D eigenvalue weighted by Gasteiger charge is -2.50. The van der Waals surface area contributed by atoms with Crippen LogP contribution < -0.4 is 5.14 Å². The topological polar surface area (TPSA) is 86.5 Å². The van der Waals surface area contributed by atoms with E-state index in [1.54, 1.807) is 0 Å². The third-order valence-electron chi connectivity index (χ3n) is 7.40. The van der Waals surface area contributed by atoms with Crippen molar-refractivity contribution in [2.75, 3.05) is 0 Å². The van der Waals surface area contributed by atoms with E-state index in [1.165, 1.54) is 11.1 Å². The molecule has 0 saturated heterocycles. The largest absolute Gasteiger partial charge is 0.456 e. The number of carbonyl (C=O) groups excluding carboxylic acids is 1. The van der Waals surface area contributed by atoms with E-state index in [1.807, 2.05) is 6.92 Å². The highest BCUT2D eigenvalue weighted by Crippen LogP contribution is 2.61. The lowest BCUT2D eigenvalue weighted by molar-refractivity contribution is -0.174. The van der Waals surface area contributed by atoms with Crippen molar-refractivity contribution < 1.29 is 26.7 Å². The highest BCUT2D eigenvalue weighted by atomic mass is 32.2. The zero-order valence-corrected chi connectivity index (χ0v) is 16.6. The maximum atomic E-state index is 13.8. The van der Waals surface area contributed by atoms with Crippen LogP contribution in [0.4, 0.5) is 8.78 Å². The molecule has 154 valence electrons. The van der Waals surface area contributed by atoms with Gasteiger partial charge >= 0.3 is 11.2 Å². The molecule has 2 N–H and O–H groups in total. The lowest BCUT2D eigenvalue weighted by atomic mass is 9.55. The molecule has 5 unspecified atom stereocenters. The number of fused-ring (bicyclic) bond motifs is 5. The van der Waals surface area contributed by atoms with Gasteiger partial charge in [-0.15, -0.1) is 0 Å². The smallest absolute Gasteiger partial charge is 0.454 e. The van der Waals surface area contributed by atoms with E-state index in [-0.39, 0.29) is 5.92 Å². The molecule has 5 atom stereocenters. The minimum Gasteiger partial charge on any atom is -0.456 e. The second-order valence-electron chi connectivity index (χ2n) is 8.69. The average molecular weight is 413 g/mol. The fourth-order valence-electron chi connectivity index (χ4n) is 5.98. The van der Waals surface area contributed by atoms with Crippen LogP contribution in [-0.2, 0) is 26.0 Å². The van der Waals surface area contributed by atoms with Gasteiger partial charge < -0.3 is 4.74 Å². The van der Waals surface area contributed by atoms with Crippen molar-refractivity contribution in [3.05, 3.63) is 35.4 Å². The highest BCUT2D eigenvalue weighted by molar-refractivity contribution is 7.91. The summed E-state index contributed by atoms with van der Waals surface area (Å²) >= 11 is 0. The summed E-state index contributed by atoms with van der Waals surface area (Å²) in [6.07, 6.45) is 4.25. The predicted molar refractivity (Wildman–Crippen MR) is 99.0 cm³/mol. The van der Waals surface area contributed by atoms with Gasteiger partial charge in [-0.25, -0.2) is 18.4 Å². The third-order valence-corrected chi connectivity index (χ3v) is 8.28. The maximum absolute atomic E-state index is 13.8. The third kappa shape index (κ3) is 2.87. The molecule has 3 aliphatic carbocycles. The maximum Gasteiger partial charge on any atom is 0.454 e. The number of hydrogen-bond acceptors (Lipinski definition) is 4. The summed E-state index contributed by atoms with van der Waals surface area (Å²) in [5.41, 5.74) is 2.36. The van der Waals surface area contributed by atoms with Gasteiger partial charge in [-0.2, -0.15) is 8.78 Å². The first kappa shape index (κ1) is 19.8. The Kier molecular flexibility index (Phi) is 4.58. The molecule has 5 nitrogen and oxygen atoms in total. The van der Waals surface area contributed by atoms with E-state index in [9.17, 15) is 22.0 Å².